The van der Waals surface area contributed by atoms with Gasteiger partial charge in [0.05, 0.1) is 0 Å². The van der Waals surface area contributed by atoms with Crippen molar-refractivity contribution in [2.24, 2.45) is 0 Å². The van der Waals surface area contributed by atoms with Crippen molar-refractivity contribution in [1.82, 2.24) is 4.90 Å². The van der Waals surface area contributed by atoms with E-state index in [0.29, 0.717) is 0 Å². The lowest BCUT2D eigenvalue weighted by Gasteiger charge is -2.21. The molecule has 20 heavy (non-hydrogen) atoms. The van der Waals surface area contributed by atoms with Gasteiger partial charge in [-0.15, -0.1) is 0 Å². The summed E-state index contributed by atoms with van der Waals surface area (Å²) in [4.78, 5) is 2.44. The number of hydrogen-bond donors (Lipinski definition) is 1. The van der Waals surface area contributed by atoms with Gasteiger partial charge in [-0.25, -0.2) is 0 Å². The summed E-state index contributed by atoms with van der Waals surface area (Å²) in [7, 11) is 0. The van der Waals surface area contributed by atoms with Crippen LogP contribution in [0.1, 0.15) is 30.5 Å². The molecule has 2 heteroatoms. The molecule has 0 aromatic heterocycles. The van der Waals surface area contributed by atoms with E-state index in [9.17, 15) is 0 Å². The Hall–Kier alpha value is -1.80. The highest BCUT2D eigenvalue weighted by Gasteiger charge is 2.05. The van der Waals surface area contributed by atoms with Crippen molar-refractivity contribution in [2.75, 3.05) is 12.3 Å². The van der Waals surface area contributed by atoms with Crippen molar-refractivity contribution < 1.29 is 0 Å². The molecular weight excluding hydrogens is 244 g/mol. The Morgan fingerprint density at radius 1 is 0.750 bits per heavy atom. The number of rotatable bonds is 6. The molecule has 2 nitrogen and oxygen atoms in total. The summed E-state index contributed by atoms with van der Waals surface area (Å²) in [6.07, 6.45) is 1.10. The van der Waals surface area contributed by atoms with Gasteiger partial charge in [-0.05, 0) is 41.8 Å². The van der Waals surface area contributed by atoms with Gasteiger partial charge in [0, 0.05) is 18.8 Å². The van der Waals surface area contributed by atoms with Crippen molar-refractivity contribution in [3.63, 3.8) is 0 Å². The average Bonchev–Trinajstić information content (AvgIpc) is 2.49. The molecule has 2 aromatic rings. The Balaban J connectivity index is 1.99. The largest absolute Gasteiger partial charge is 0.399 e. The van der Waals surface area contributed by atoms with Gasteiger partial charge in [0.15, 0.2) is 0 Å². The minimum absolute atomic E-state index is 0.826. The first kappa shape index (κ1) is 14.6. The fourth-order valence-electron chi connectivity index (χ4n) is 2.30. The molecule has 0 saturated heterocycles. The summed E-state index contributed by atoms with van der Waals surface area (Å²) in [6, 6.07) is 17.1. The second-order valence-electron chi connectivity index (χ2n) is 5.21. The third-order valence-corrected chi connectivity index (χ3v) is 3.67. The van der Waals surface area contributed by atoms with E-state index < -0.39 is 0 Å². The predicted molar refractivity (Wildman–Crippen MR) is 86.5 cm³/mol. The van der Waals surface area contributed by atoms with Gasteiger partial charge >= 0.3 is 0 Å². The number of nitrogens with two attached hydrogens (primary N) is 1. The van der Waals surface area contributed by atoms with Crippen LogP contribution in [-0.4, -0.2) is 11.4 Å². The molecule has 0 atom stereocenters. The van der Waals surface area contributed by atoms with Crippen LogP contribution in [0.4, 0.5) is 5.69 Å². The fraction of sp³-hybridized carbons (Fsp3) is 0.333. The van der Waals surface area contributed by atoms with Crippen molar-refractivity contribution in [3.8, 4) is 0 Å². The smallest absolute Gasteiger partial charge is 0.0314 e. The summed E-state index contributed by atoms with van der Waals surface area (Å²) in [5.74, 6) is 0. The number of anilines is 1. The van der Waals surface area contributed by atoms with Gasteiger partial charge in [-0.1, -0.05) is 50.2 Å². The van der Waals surface area contributed by atoms with E-state index in [2.05, 4.69) is 55.1 Å². The highest BCUT2D eigenvalue weighted by Crippen LogP contribution is 2.12. The molecule has 0 bridgehead atoms. The molecule has 0 aliphatic carbocycles. The molecule has 106 valence electrons. The van der Waals surface area contributed by atoms with E-state index in [1.807, 2.05) is 12.1 Å². The summed E-state index contributed by atoms with van der Waals surface area (Å²) in [6.45, 7) is 7.39. The number of hydrogen-bond acceptors (Lipinski definition) is 2. The number of nitrogens with zero attached hydrogens (tertiary/aromatic N) is 1. The topological polar surface area (TPSA) is 29.3 Å². The summed E-state index contributed by atoms with van der Waals surface area (Å²) < 4.78 is 0. The molecule has 2 aromatic carbocycles. The molecular formula is C18H24N2. The third-order valence-electron chi connectivity index (χ3n) is 3.67. The first-order chi connectivity index (χ1) is 9.71. The van der Waals surface area contributed by atoms with E-state index in [4.69, 9.17) is 5.73 Å². The van der Waals surface area contributed by atoms with Gasteiger partial charge in [0.25, 0.3) is 0 Å². The monoisotopic (exact) mass is 268 g/mol. The van der Waals surface area contributed by atoms with Gasteiger partial charge in [0.1, 0.15) is 0 Å². The Morgan fingerprint density at radius 2 is 1.20 bits per heavy atom. The van der Waals surface area contributed by atoms with Crippen molar-refractivity contribution in [1.29, 1.82) is 0 Å². The second-order valence-corrected chi connectivity index (χ2v) is 5.21. The van der Waals surface area contributed by atoms with Crippen molar-refractivity contribution in [3.05, 3.63) is 65.2 Å². The Bertz CT molecular complexity index is 514. The van der Waals surface area contributed by atoms with Crippen LogP contribution in [0.25, 0.3) is 0 Å². The van der Waals surface area contributed by atoms with Crippen LogP contribution in [0, 0.1) is 0 Å². The highest BCUT2D eigenvalue weighted by molar-refractivity contribution is 5.39. The molecule has 0 aliphatic heterocycles. The first-order valence-electron chi connectivity index (χ1n) is 7.35. The predicted octanol–water partition coefficient (Wildman–Crippen LogP) is 3.85. The van der Waals surface area contributed by atoms with Crippen LogP contribution >= 0.6 is 0 Å². The minimum Gasteiger partial charge on any atom is -0.399 e. The number of benzene rings is 2. The van der Waals surface area contributed by atoms with E-state index in [1.165, 1.54) is 16.7 Å². The summed E-state index contributed by atoms with van der Waals surface area (Å²) in [5, 5.41) is 0. The maximum atomic E-state index is 5.73. The quantitative estimate of drug-likeness (QED) is 0.806. The zero-order valence-corrected chi connectivity index (χ0v) is 12.5. The number of aryl methyl sites for hydroxylation is 1. The van der Waals surface area contributed by atoms with Crippen LogP contribution in [-0.2, 0) is 19.5 Å². The lowest BCUT2D eigenvalue weighted by molar-refractivity contribution is 0.271. The third kappa shape index (κ3) is 4.10. The van der Waals surface area contributed by atoms with E-state index in [-0.39, 0.29) is 0 Å². The maximum Gasteiger partial charge on any atom is 0.0314 e. The number of nitrogen functional groups attached to an aromatic ring is 1. The summed E-state index contributed by atoms with van der Waals surface area (Å²) >= 11 is 0. The maximum absolute atomic E-state index is 5.73. The zero-order chi connectivity index (χ0) is 14.4. The molecule has 2 rings (SSSR count). The second kappa shape index (κ2) is 7.11. The van der Waals surface area contributed by atoms with E-state index >= 15 is 0 Å². The lowest BCUT2D eigenvalue weighted by Crippen LogP contribution is -2.22. The standard InChI is InChI=1S/C18H24N2/c1-3-15-5-7-16(8-6-15)13-20(4-2)14-17-9-11-18(19)12-10-17/h5-12H,3-4,13-14,19H2,1-2H3. The van der Waals surface area contributed by atoms with Crippen LogP contribution in [0.3, 0.4) is 0 Å². The average molecular weight is 268 g/mol. The summed E-state index contributed by atoms with van der Waals surface area (Å²) in [5.41, 5.74) is 10.6. The Labute approximate surface area is 122 Å². The molecule has 0 unspecified atom stereocenters. The molecule has 0 heterocycles. The van der Waals surface area contributed by atoms with Crippen LogP contribution < -0.4 is 5.73 Å². The SMILES string of the molecule is CCc1ccc(CN(CC)Cc2ccc(N)cc2)cc1. The molecule has 0 fully saturated rings. The van der Waals surface area contributed by atoms with E-state index in [0.717, 1.165) is 31.7 Å². The Morgan fingerprint density at radius 3 is 1.65 bits per heavy atom. The van der Waals surface area contributed by atoms with Crippen molar-refractivity contribution >= 4 is 5.69 Å². The zero-order valence-electron chi connectivity index (χ0n) is 12.5. The van der Waals surface area contributed by atoms with Gasteiger partial charge < -0.3 is 5.73 Å². The first-order valence-corrected chi connectivity index (χ1v) is 7.35. The van der Waals surface area contributed by atoms with Crippen LogP contribution in [0.5, 0.6) is 0 Å². The molecule has 0 aliphatic rings. The lowest BCUT2D eigenvalue weighted by atomic mass is 10.1. The van der Waals surface area contributed by atoms with Crippen molar-refractivity contribution in [2.45, 2.75) is 33.4 Å². The highest BCUT2D eigenvalue weighted by atomic mass is 15.1. The fourth-order valence-corrected chi connectivity index (χ4v) is 2.30. The van der Waals surface area contributed by atoms with Gasteiger partial charge in [-0.3, -0.25) is 4.90 Å². The van der Waals surface area contributed by atoms with Gasteiger partial charge in [0.2, 0.25) is 0 Å². The molecule has 0 spiro atoms. The van der Waals surface area contributed by atoms with Crippen LogP contribution in [0.15, 0.2) is 48.5 Å². The normalized spacial score (nSPS) is 10.9. The molecule has 0 saturated carbocycles. The van der Waals surface area contributed by atoms with Gasteiger partial charge in [-0.2, -0.15) is 0 Å². The minimum atomic E-state index is 0.826. The Kier molecular flexibility index (Phi) is 5.19. The molecule has 0 radical (unpaired) electrons. The van der Waals surface area contributed by atoms with E-state index in [1.54, 1.807) is 0 Å². The van der Waals surface area contributed by atoms with Crippen LogP contribution in [0.2, 0.25) is 0 Å². The molecule has 0 amide bonds. The molecule has 2 N–H and O–H groups in total.